The lowest BCUT2D eigenvalue weighted by Gasteiger charge is -2.27. The Balaban J connectivity index is 2.48. The molecule has 0 spiro atoms. The van der Waals surface area contributed by atoms with Crippen LogP contribution in [-0.2, 0) is 9.59 Å². The molecule has 0 unspecified atom stereocenters. The van der Waals surface area contributed by atoms with Crippen molar-refractivity contribution in [3.05, 3.63) is 28.3 Å². The predicted octanol–water partition coefficient (Wildman–Crippen LogP) is 0.519. The van der Waals surface area contributed by atoms with E-state index in [-0.39, 0.29) is 24.5 Å². The highest BCUT2D eigenvalue weighted by molar-refractivity contribution is 6.00. The van der Waals surface area contributed by atoms with Crippen LogP contribution in [0, 0.1) is 10.1 Å². The topological polar surface area (TPSA) is 89.8 Å². The third-order valence-corrected chi connectivity index (χ3v) is 2.35. The fraction of sp³-hybridized carbons (Fsp3) is 0.200. The lowest BCUT2D eigenvalue weighted by atomic mass is 10.2. The highest BCUT2D eigenvalue weighted by atomic mass is 16.6. The summed E-state index contributed by atoms with van der Waals surface area (Å²) in [5.74, 6) is -0.0397. The van der Waals surface area contributed by atoms with Crippen molar-refractivity contribution >= 4 is 23.6 Å². The van der Waals surface area contributed by atoms with E-state index in [1.807, 2.05) is 0 Å². The van der Waals surface area contributed by atoms with Crippen LogP contribution in [0.5, 0.6) is 5.75 Å². The number of hydrogen-bond acceptors (Lipinski definition) is 5. The van der Waals surface area contributed by atoms with Crippen LogP contribution in [0.2, 0.25) is 0 Å². The number of amides is 1. The lowest BCUT2D eigenvalue weighted by Crippen LogP contribution is -2.39. The molecule has 0 N–H and O–H groups in total. The summed E-state index contributed by atoms with van der Waals surface area (Å²) in [4.78, 5) is 33.2. The summed E-state index contributed by atoms with van der Waals surface area (Å²) in [6.45, 7) is -0.311. The number of ether oxygens (including phenoxy) is 1. The largest absolute Gasteiger partial charge is 0.482 e. The van der Waals surface area contributed by atoms with Crippen LogP contribution in [-0.4, -0.2) is 30.3 Å². The number of carbonyl (C=O) groups excluding carboxylic acids is 2. The molecule has 1 amide bonds. The van der Waals surface area contributed by atoms with Gasteiger partial charge in [-0.05, 0) is 6.07 Å². The zero-order valence-electron chi connectivity index (χ0n) is 8.66. The van der Waals surface area contributed by atoms with Crippen molar-refractivity contribution in [2.45, 2.75) is 0 Å². The quantitative estimate of drug-likeness (QED) is 0.433. The molecule has 0 radical (unpaired) electrons. The number of non-ortho nitro benzene ring substituents is 1. The van der Waals surface area contributed by atoms with E-state index in [0.29, 0.717) is 12.0 Å². The monoisotopic (exact) mass is 236 g/mol. The first-order chi connectivity index (χ1) is 8.13. The SMILES string of the molecule is O=CCN1C(=O)COc2ccc([N+](=O)[O-])cc21. The van der Waals surface area contributed by atoms with Crippen molar-refractivity contribution in [2.24, 2.45) is 0 Å². The fourth-order valence-electron chi connectivity index (χ4n) is 1.58. The number of fused-ring (bicyclic) bond motifs is 1. The Morgan fingerprint density at radius 1 is 1.53 bits per heavy atom. The van der Waals surface area contributed by atoms with Gasteiger partial charge < -0.3 is 9.53 Å². The number of hydrogen-bond donors (Lipinski definition) is 0. The van der Waals surface area contributed by atoms with Crippen molar-refractivity contribution in [3.8, 4) is 5.75 Å². The van der Waals surface area contributed by atoms with Crippen molar-refractivity contribution < 1.29 is 19.2 Å². The van der Waals surface area contributed by atoms with Gasteiger partial charge in [0.2, 0.25) is 0 Å². The van der Waals surface area contributed by atoms with Crippen LogP contribution in [0.1, 0.15) is 0 Å². The molecule has 0 saturated carbocycles. The van der Waals surface area contributed by atoms with Gasteiger partial charge in [-0.3, -0.25) is 19.8 Å². The molecule has 0 fully saturated rings. The zero-order chi connectivity index (χ0) is 12.4. The first kappa shape index (κ1) is 11.1. The molecule has 2 rings (SSSR count). The van der Waals surface area contributed by atoms with E-state index in [4.69, 9.17) is 4.74 Å². The summed E-state index contributed by atoms with van der Waals surface area (Å²) < 4.78 is 5.12. The number of rotatable bonds is 3. The lowest BCUT2D eigenvalue weighted by molar-refractivity contribution is -0.384. The van der Waals surface area contributed by atoms with Gasteiger partial charge in [0.1, 0.15) is 12.0 Å². The van der Waals surface area contributed by atoms with E-state index in [1.54, 1.807) is 0 Å². The minimum Gasteiger partial charge on any atom is -0.482 e. The summed E-state index contributed by atoms with van der Waals surface area (Å²) in [6.07, 6.45) is 0.561. The van der Waals surface area contributed by atoms with Gasteiger partial charge in [-0.15, -0.1) is 0 Å². The number of aldehydes is 1. The number of nitro benzene ring substituents is 1. The van der Waals surface area contributed by atoms with Gasteiger partial charge in [-0.25, -0.2) is 0 Å². The number of anilines is 1. The number of carbonyl (C=O) groups is 2. The second-order valence-electron chi connectivity index (χ2n) is 3.37. The van der Waals surface area contributed by atoms with E-state index in [1.165, 1.54) is 23.1 Å². The smallest absolute Gasteiger partial charge is 0.271 e. The molecule has 1 aliphatic rings. The number of nitrogens with zero attached hydrogens (tertiary/aromatic N) is 2. The summed E-state index contributed by atoms with van der Waals surface area (Å²) in [6, 6.07) is 3.92. The summed E-state index contributed by atoms with van der Waals surface area (Å²) in [7, 11) is 0. The van der Waals surface area contributed by atoms with Crippen LogP contribution in [0.25, 0.3) is 0 Å². The maximum atomic E-state index is 11.5. The molecule has 0 bridgehead atoms. The van der Waals surface area contributed by atoms with Crippen LogP contribution >= 0.6 is 0 Å². The molecule has 0 aliphatic carbocycles. The van der Waals surface area contributed by atoms with Crippen molar-refractivity contribution in [2.75, 3.05) is 18.1 Å². The van der Waals surface area contributed by atoms with E-state index in [2.05, 4.69) is 0 Å². The molecule has 1 aromatic carbocycles. The Hall–Kier alpha value is -2.44. The highest BCUT2D eigenvalue weighted by Gasteiger charge is 2.26. The average Bonchev–Trinajstić information content (AvgIpc) is 2.32. The molecule has 0 saturated heterocycles. The van der Waals surface area contributed by atoms with Gasteiger partial charge in [-0.1, -0.05) is 0 Å². The normalized spacial score (nSPS) is 13.9. The van der Waals surface area contributed by atoms with Crippen LogP contribution < -0.4 is 9.64 Å². The summed E-state index contributed by atoms with van der Waals surface area (Å²) in [5.41, 5.74) is 0.0977. The molecular weight excluding hydrogens is 228 g/mol. The molecule has 1 heterocycles. The summed E-state index contributed by atoms with van der Waals surface area (Å²) in [5, 5.41) is 10.6. The second-order valence-corrected chi connectivity index (χ2v) is 3.37. The predicted molar refractivity (Wildman–Crippen MR) is 57.0 cm³/mol. The third kappa shape index (κ3) is 1.94. The Morgan fingerprint density at radius 3 is 2.94 bits per heavy atom. The first-order valence-electron chi connectivity index (χ1n) is 4.78. The fourth-order valence-corrected chi connectivity index (χ4v) is 1.58. The Labute approximate surface area is 95.7 Å². The minimum absolute atomic E-state index is 0.142. The van der Waals surface area contributed by atoms with Crippen LogP contribution in [0.3, 0.4) is 0 Å². The van der Waals surface area contributed by atoms with Gasteiger partial charge in [-0.2, -0.15) is 0 Å². The van der Waals surface area contributed by atoms with Gasteiger partial charge in [0.25, 0.3) is 11.6 Å². The Kier molecular flexibility index (Phi) is 2.73. The van der Waals surface area contributed by atoms with E-state index in [9.17, 15) is 19.7 Å². The molecule has 88 valence electrons. The van der Waals surface area contributed by atoms with E-state index < -0.39 is 10.8 Å². The minimum atomic E-state index is -0.571. The van der Waals surface area contributed by atoms with Crippen molar-refractivity contribution in [3.63, 3.8) is 0 Å². The number of benzene rings is 1. The third-order valence-electron chi connectivity index (χ3n) is 2.35. The maximum absolute atomic E-state index is 11.5. The Bertz CT molecular complexity index is 499. The molecule has 0 aromatic heterocycles. The maximum Gasteiger partial charge on any atom is 0.271 e. The van der Waals surface area contributed by atoms with Crippen molar-refractivity contribution in [1.29, 1.82) is 0 Å². The molecule has 0 atom stereocenters. The molecule has 17 heavy (non-hydrogen) atoms. The van der Waals surface area contributed by atoms with Gasteiger partial charge >= 0.3 is 0 Å². The molecule has 7 heteroatoms. The van der Waals surface area contributed by atoms with Gasteiger partial charge in [0.15, 0.2) is 6.61 Å². The van der Waals surface area contributed by atoms with Gasteiger partial charge in [0, 0.05) is 12.1 Å². The molecule has 7 nitrogen and oxygen atoms in total. The van der Waals surface area contributed by atoms with E-state index in [0.717, 1.165) is 0 Å². The second kappa shape index (κ2) is 4.20. The van der Waals surface area contributed by atoms with Crippen LogP contribution in [0.4, 0.5) is 11.4 Å². The van der Waals surface area contributed by atoms with Crippen molar-refractivity contribution in [1.82, 2.24) is 0 Å². The number of nitro groups is 1. The van der Waals surface area contributed by atoms with Crippen LogP contribution in [0.15, 0.2) is 18.2 Å². The standard InChI is InChI=1S/C10H8N2O5/c13-4-3-11-8-5-7(12(15)16)1-2-9(8)17-6-10(11)14/h1-2,4-5H,3,6H2. The highest BCUT2D eigenvalue weighted by Crippen LogP contribution is 2.34. The average molecular weight is 236 g/mol. The first-order valence-corrected chi connectivity index (χ1v) is 4.78. The Morgan fingerprint density at radius 2 is 2.29 bits per heavy atom. The zero-order valence-corrected chi connectivity index (χ0v) is 8.66. The molecular formula is C10H8N2O5. The van der Waals surface area contributed by atoms with E-state index >= 15 is 0 Å². The van der Waals surface area contributed by atoms with Gasteiger partial charge in [0.05, 0.1) is 17.2 Å². The summed E-state index contributed by atoms with van der Waals surface area (Å²) >= 11 is 0. The molecule has 1 aliphatic heterocycles. The molecule has 1 aromatic rings.